The molecule has 0 aliphatic carbocycles. The monoisotopic (exact) mass is 577 g/mol. The summed E-state index contributed by atoms with van der Waals surface area (Å²) in [5.41, 5.74) is 2.04. The largest absolute Gasteiger partial charge is 0.487 e. The molecule has 3 heterocycles. The molecule has 0 radical (unpaired) electrons. The normalized spacial score (nSPS) is 14.5. The zero-order chi connectivity index (χ0) is 22.0. The van der Waals surface area contributed by atoms with Crippen molar-refractivity contribution in [3.63, 3.8) is 0 Å². The van der Waals surface area contributed by atoms with Gasteiger partial charge in [0, 0.05) is 31.9 Å². The van der Waals surface area contributed by atoms with Gasteiger partial charge in [0.2, 0.25) is 0 Å². The lowest BCUT2D eigenvalue weighted by Crippen LogP contribution is -2.48. The molecule has 1 aromatic carbocycles. The van der Waals surface area contributed by atoms with Crippen molar-refractivity contribution in [2.24, 2.45) is 4.99 Å². The van der Waals surface area contributed by atoms with Gasteiger partial charge in [-0.1, -0.05) is 18.2 Å². The molecule has 2 aromatic heterocycles. The van der Waals surface area contributed by atoms with Crippen molar-refractivity contribution < 1.29 is 4.74 Å². The Kier molecular flexibility index (Phi) is 10.3. The number of thiophene rings is 1. The first kappa shape index (κ1) is 25.3. The highest BCUT2D eigenvalue weighted by Crippen LogP contribution is 2.24. The van der Waals surface area contributed by atoms with Crippen LogP contribution < -0.4 is 20.3 Å². The van der Waals surface area contributed by atoms with Crippen molar-refractivity contribution in [3.8, 4) is 5.75 Å². The minimum absolute atomic E-state index is 0. The highest BCUT2D eigenvalue weighted by atomic mass is 127. The van der Waals surface area contributed by atoms with Crippen LogP contribution in [-0.4, -0.2) is 36.6 Å². The minimum atomic E-state index is 0. The Morgan fingerprint density at radius 3 is 2.76 bits per heavy atom. The molecule has 0 saturated carbocycles. The average molecular weight is 578 g/mol. The Balaban J connectivity index is 0.00000306. The van der Waals surface area contributed by atoms with Crippen LogP contribution in [0.5, 0.6) is 5.75 Å². The second-order valence-corrected chi connectivity index (χ2v) is 8.74. The topological polar surface area (TPSA) is 61.8 Å². The molecule has 33 heavy (non-hydrogen) atoms. The van der Waals surface area contributed by atoms with Crippen molar-refractivity contribution in [3.05, 3.63) is 77.4 Å². The van der Waals surface area contributed by atoms with E-state index in [2.05, 4.69) is 57.1 Å². The summed E-state index contributed by atoms with van der Waals surface area (Å²) < 4.78 is 5.90. The molecule has 0 amide bonds. The number of nitrogens with zero attached hydrogens (tertiary/aromatic N) is 3. The summed E-state index contributed by atoms with van der Waals surface area (Å²) in [6.45, 7) is 6.16. The molecule has 1 aliphatic rings. The van der Waals surface area contributed by atoms with E-state index in [1.807, 2.05) is 41.7 Å². The first-order chi connectivity index (χ1) is 15.8. The van der Waals surface area contributed by atoms with Crippen LogP contribution in [0.1, 0.15) is 31.0 Å². The van der Waals surface area contributed by atoms with Crippen molar-refractivity contribution in [2.45, 2.75) is 39.0 Å². The number of hydrogen-bond donors (Lipinski definition) is 2. The van der Waals surface area contributed by atoms with E-state index in [9.17, 15) is 0 Å². The van der Waals surface area contributed by atoms with Crippen LogP contribution in [0.2, 0.25) is 0 Å². The van der Waals surface area contributed by atoms with Gasteiger partial charge in [-0.3, -0.25) is 4.98 Å². The number of guanidine groups is 1. The molecule has 1 fully saturated rings. The summed E-state index contributed by atoms with van der Waals surface area (Å²) in [6, 6.07) is 18.7. The van der Waals surface area contributed by atoms with E-state index in [1.165, 1.54) is 5.00 Å². The lowest BCUT2D eigenvalue weighted by Gasteiger charge is -2.33. The van der Waals surface area contributed by atoms with Gasteiger partial charge < -0.3 is 20.3 Å². The van der Waals surface area contributed by atoms with Gasteiger partial charge in [-0.05, 0) is 67.1 Å². The third-order valence-corrected chi connectivity index (χ3v) is 6.36. The lowest BCUT2D eigenvalue weighted by molar-refractivity contribution is 0.301. The fourth-order valence-electron chi connectivity index (χ4n) is 3.75. The average Bonchev–Trinajstić information content (AvgIpc) is 3.38. The number of hydrogen-bond acceptors (Lipinski definition) is 5. The van der Waals surface area contributed by atoms with Crippen LogP contribution in [0.4, 0.5) is 5.00 Å². The number of halogens is 1. The summed E-state index contributed by atoms with van der Waals surface area (Å²) in [7, 11) is 0. The molecule has 176 valence electrons. The Bertz CT molecular complexity index is 975. The molecule has 0 atom stereocenters. The van der Waals surface area contributed by atoms with Gasteiger partial charge in [0.25, 0.3) is 0 Å². The molecule has 0 bridgehead atoms. The van der Waals surface area contributed by atoms with E-state index >= 15 is 0 Å². The number of piperidine rings is 1. The summed E-state index contributed by atoms with van der Waals surface area (Å²) in [6.07, 6.45) is 4.00. The Morgan fingerprint density at radius 2 is 2.03 bits per heavy atom. The zero-order valence-electron chi connectivity index (χ0n) is 18.9. The number of anilines is 1. The van der Waals surface area contributed by atoms with Gasteiger partial charge in [-0.2, -0.15) is 0 Å². The Labute approximate surface area is 217 Å². The number of pyridine rings is 1. The molecule has 0 unspecified atom stereocenters. The van der Waals surface area contributed by atoms with Crippen LogP contribution in [-0.2, 0) is 13.2 Å². The smallest absolute Gasteiger partial charge is 0.191 e. The second-order valence-electron chi connectivity index (χ2n) is 7.81. The maximum atomic E-state index is 5.90. The lowest BCUT2D eigenvalue weighted by atomic mass is 10.1. The predicted molar refractivity (Wildman–Crippen MR) is 148 cm³/mol. The molecular weight excluding hydrogens is 545 g/mol. The van der Waals surface area contributed by atoms with Gasteiger partial charge >= 0.3 is 0 Å². The highest BCUT2D eigenvalue weighted by Gasteiger charge is 2.20. The van der Waals surface area contributed by atoms with Crippen LogP contribution in [0, 0.1) is 0 Å². The third-order valence-electron chi connectivity index (χ3n) is 5.43. The number of benzene rings is 1. The third kappa shape index (κ3) is 7.89. The number of aliphatic imine (C=N–C) groups is 1. The molecule has 2 N–H and O–H groups in total. The predicted octanol–water partition coefficient (Wildman–Crippen LogP) is 5.06. The number of nitrogens with one attached hydrogen (secondary N) is 2. The molecule has 8 heteroatoms. The maximum Gasteiger partial charge on any atom is 0.191 e. The van der Waals surface area contributed by atoms with Crippen LogP contribution >= 0.6 is 35.3 Å². The Hall–Kier alpha value is -2.33. The van der Waals surface area contributed by atoms with Gasteiger partial charge in [0.05, 0.1) is 17.2 Å². The molecule has 1 aliphatic heterocycles. The van der Waals surface area contributed by atoms with Gasteiger partial charge in [-0.25, -0.2) is 4.99 Å². The van der Waals surface area contributed by atoms with Gasteiger partial charge in [-0.15, -0.1) is 35.3 Å². The first-order valence-corrected chi connectivity index (χ1v) is 12.1. The summed E-state index contributed by atoms with van der Waals surface area (Å²) in [5.74, 6) is 1.71. The molecule has 3 aromatic rings. The standard InChI is InChI=1S/C25H31N5OS.HI/c1-2-26-25(29-21-11-14-30(15-12-21)24-10-6-16-32-24)28-18-20-7-5-9-23(17-20)31-19-22-8-3-4-13-27-22;/h3-10,13,16-17,21H,2,11-12,14-15,18-19H2,1H3,(H2,26,28,29);1H. The molecule has 0 spiro atoms. The SMILES string of the molecule is CCNC(=NCc1cccc(OCc2ccccn2)c1)NC1CCN(c2cccs2)CC1.I. The number of rotatable bonds is 8. The van der Waals surface area contributed by atoms with Crippen LogP contribution in [0.3, 0.4) is 0 Å². The van der Waals surface area contributed by atoms with Crippen LogP contribution in [0.25, 0.3) is 0 Å². The Morgan fingerprint density at radius 1 is 1.15 bits per heavy atom. The van der Waals surface area contributed by atoms with E-state index in [1.54, 1.807) is 6.20 Å². The fraction of sp³-hybridized carbons (Fsp3) is 0.360. The molecular formula is C25H32IN5OS. The number of aromatic nitrogens is 1. The minimum Gasteiger partial charge on any atom is -0.487 e. The maximum absolute atomic E-state index is 5.90. The number of ether oxygens (including phenoxy) is 1. The van der Waals surface area contributed by atoms with E-state index in [0.717, 1.165) is 55.4 Å². The second kappa shape index (κ2) is 13.4. The van der Waals surface area contributed by atoms with E-state index in [-0.39, 0.29) is 24.0 Å². The van der Waals surface area contributed by atoms with Crippen molar-refractivity contribution in [2.75, 3.05) is 24.5 Å². The summed E-state index contributed by atoms with van der Waals surface area (Å²) in [5, 5.41) is 10.5. The first-order valence-electron chi connectivity index (χ1n) is 11.2. The van der Waals surface area contributed by atoms with Gasteiger partial charge in [0.15, 0.2) is 5.96 Å². The fourth-order valence-corrected chi connectivity index (χ4v) is 4.54. The van der Waals surface area contributed by atoms with E-state index in [4.69, 9.17) is 9.73 Å². The van der Waals surface area contributed by atoms with Crippen molar-refractivity contribution >= 4 is 46.3 Å². The van der Waals surface area contributed by atoms with E-state index < -0.39 is 0 Å². The zero-order valence-corrected chi connectivity index (χ0v) is 22.1. The van der Waals surface area contributed by atoms with E-state index in [0.29, 0.717) is 19.2 Å². The van der Waals surface area contributed by atoms with Gasteiger partial charge in [0.1, 0.15) is 12.4 Å². The summed E-state index contributed by atoms with van der Waals surface area (Å²) in [4.78, 5) is 11.6. The van der Waals surface area contributed by atoms with Crippen molar-refractivity contribution in [1.82, 2.24) is 15.6 Å². The molecule has 4 rings (SSSR count). The quantitative estimate of drug-likeness (QED) is 0.223. The van der Waals surface area contributed by atoms with Crippen LogP contribution in [0.15, 0.2) is 71.2 Å². The summed E-state index contributed by atoms with van der Waals surface area (Å²) >= 11 is 1.82. The molecule has 1 saturated heterocycles. The highest BCUT2D eigenvalue weighted by molar-refractivity contribution is 14.0. The van der Waals surface area contributed by atoms with Crippen molar-refractivity contribution in [1.29, 1.82) is 0 Å². The molecule has 6 nitrogen and oxygen atoms in total.